The summed E-state index contributed by atoms with van der Waals surface area (Å²) in [6, 6.07) is 5.97. The molecule has 0 unspecified atom stereocenters. The third kappa shape index (κ3) is 7.61. The third-order valence-electron chi connectivity index (χ3n) is 3.69. The molecular formula is C19H29FIN5O2. The number of nitrogens with zero attached hydrogens (tertiary/aromatic N) is 4. The predicted octanol–water partition coefficient (Wildman–Crippen LogP) is 3.60. The lowest BCUT2D eigenvalue weighted by Gasteiger charge is -2.22. The summed E-state index contributed by atoms with van der Waals surface area (Å²) < 4.78 is 23.8. The molecule has 28 heavy (non-hydrogen) atoms. The molecular weight excluding hydrogens is 476 g/mol. The molecule has 0 fully saturated rings. The first-order valence-electron chi connectivity index (χ1n) is 9.00. The molecule has 1 N–H and O–H groups in total. The van der Waals surface area contributed by atoms with Gasteiger partial charge in [0.15, 0.2) is 11.8 Å². The monoisotopic (exact) mass is 505 g/mol. The van der Waals surface area contributed by atoms with E-state index >= 15 is 0 Å². The number of likely N-dealkylation sites (N-methyl/N-ethyl adjacent to an activating group) is 1. The van der Waals surface area contributed by atoms with Crippen LogP contribution in [0, 0.1) is 5.82 Å². The summed E-state index contributed by atoms with van der Waals surface area (Å²) in [5, 5.41) is 7.22. The first-order chi connectivity index (χ1) is 12.8. The molecule has 1 aromatic carbocycles. The minimum absolute atomic E-state index is 0. The van der Waals surface area contributed by atoms with Crippen molar-refractivity contribution in [2.75, 3.05) is 26.7 Å². The van der Waals surface area contributed by atoms with Crippen LogP contribution < -0.4 is 10.1 Å². The summed E-state index contributed by atoms with van der Waals surface area (Å²) in [6.07, 6.45) is 0. The van der Waals surface area contributed by atoms with Crippen LogP contribution in [0.2, 0.25) is 0 Å². The Morgan fingerprint density at radius 2 is 1.96 bits per heavy atom. The highest BCUT2D eigenvalue weighted by Gasteiger charge is 2.21. The summed E-state index contributed by atoms with van der Waals surface area (Å²) in [6.45, 7) is 10.2. The highest BCUT2D eigenvalue weighted by molar-refractivity contribution is 14.0. The first kappa shape index (κ1) is 24.1. The van der Waals surface area contributed by atoms with Gasteiger partial charge in [-0.25, -0.2) is 9.38 Å². The van der Waals surface area contributed by atoms with Crippen LogP contribution in [-0.2, 0) is 12.0 Å². The zero-order valence-electron chi connectivity index (χ0n) is 17.0. The van der Waals surface area contributed by atoms with E-state index in [9.17, 15) is 4.39 Å². The van der Waals surface area contributed by atoms with Crippen LogP contribution in [0.5, 0.6) is 5.75 Å². The van der Waals surface area contributed by atoms with Crippen LogP contribution in [0.4, 0.5) is 4.39 Å². The second-order valence-corrected chi connectivity index (χ2v) is 7.16. The van der Waals surface area contributed by atoms with Gasteiger partial charge in [-0.05, 0) is 31.2 Å². The lowest BCUT2D eigenvalue weighted by molar-refractivity contribution is 0.281. The average Bonchev–Trinajstić information content (AvgIpc) is 3.09. The van der Waals surface area contributed by atoms with E-state index in [1.54, 1.807) is 12.1 Å². The molecule has 2 rings (SSSR count). The lowest BCUT2D eigenvalue weighted by atomic mass is 9.97. The lowest BCUT2D eigenvalue weighted by Crippen LogP contribution is -2.40. The van der Waals surface area contributed by atoms with Gasteiger partial charge in [0.05, 0.1) is 6.54 Å². The molecule has 0 aliphatic rings. The number of nitrogens with one attached hydrogen (secondary N) is 1. The molecule has 9 heteroatoms. The third-order valence-corrected chi connectivity index (χ3v) is 3.69. The number of benzene rings is 1. The molecule has 0 bridgehead atoms. The topological polar surface area (TPSA) is 75.8 Å². The van der Waals surface area contributed by atoms with Crippen LogP contribution in [0.1, 0.15) is 39.4 Å². The van der Waals surface area contributed by atoms with Gasteiger partial charge in [-0.3, -0.25) is 0 Å². The largest absolute Gasteiger partial charge is 0.492 e. The van der Waals surface area contributed by atoms with Crippen LogP contribution in [0.25, 0.3) is 0 Å². The van der Waals surface area contributed by atoms with Crippen molar-refractivity contribution < 1.29 is 13.7 Å². The van der Waals surface area contributed by atoms with Gasteiger partial charge < -0.3 is 19.5 Å². The molecule has 156 valence electrons. The molecule has 0 aliphatic carbocycles. The number of ether oxygens (including phenoxy) is 1. The summed E-state index contributed by atoms with van der Waals surface area (Å²) in [7, 11) is 1.92. The average molecular weight is 505 g/mol. The van der Waals surface area contributed by atoms with Gasteiger partial charge in [0.2, 0.25) is 5.89 Å². The van der Waals surface area contributed by atoms with E-state index in [0.717, 1.165) is 12.5 Å². The fourth-order valence-electron chi connectivity index (χ4n) is 2.18. The molecule has 0 radical (unpaired) electrons. The Morgan fingerprint density at radius 1 is 1.29 bits per heavy atom. The van der Waals surface area contributed by atoms with Gasteiger partial charge in [0.25, 0.3) is 0 Å². The molecule has 0 atom stereocenters. The summed E-state index contributed by atoms with van der Waals surface area (Å²) in [5.74, 6) is 2.22. The van der Waals surface area contributed by atoms with E-state index in [4.69, 9.17) is 9.26 Å². The van der Waals surface area contributed by atoms with Crippen molar-refractivity contribution in [1.82, 2.24) is 20.4 Å². The Bertz CT molecular complexity index is 744. The maximum absolute atomic E-state index is 12.9. The van der Waals surface area contributed by atoms with Crippen LogP contribution in [-0.4, -0.2) is 47.7 Å². The standard InChI is InChI=1S/C19H28FN5O2.HI/c1-6-21-18(22-13-16-23-17(27-24-16)19(2,3)4)25(5)11-12-26-15-9-7-14(20)8-10-15;/h7-10H,6,11-13H2,1-5H3,(H,21,22);1H. The van der Waals surface area contributed by atoms with E-state index in [1.807, 2.05) is 39.6 Å². The molecule has 1 heterocycles. The number of aromatic nitrogens is 2. The Kier molecular flexibility index (Phi) is 9.63. The highest BCUT2D eigenvalue weighted by Crippen LogP contribution is 2.19. The molecule has 0 aliphatic heterocycles. The van der Waals surface area contributed by atoms with E-state index in [2.05, 4.69) is 20.4 Å². The quantitative estimate of drug-likeness (QED) is 0.352. The van der Waals surface area contributed by atoms with Crippen molar-refractivity contribution in [3.05, 3.63) is 41.8 Å². The van der Waals surface area contributed by atoms with Crippen molar-refractivity contribution in [1.29, 1.82) is 0 Å². The minimum Gasteiger partial charge on any atom is -0.492 e. The van der Waals surface area contributed by atoms with Gasteiger partial charge in [-0.15, -0.1) is 24.0 Å². The number of halogens is 2. The van der Waals surface area contributed by atoms with Crippen LogP contribution >= 0.6 is 24.0 Å². The Labute approximate surface area is 182 Å². The second kappa shape index (κ2) is 11.2. The maximum atomic E-state index is 12.9. The van der Waals surface area contributed by atoms with Gasteiger partial charge >= 0.3 is 0 Å². The van der Waals surface area contributed by atoms with Gasteiger partial charge in [0, 0.05) is 19.0 Å². The van der Waals surface area contributed by atoms with E-state index < -0.39 is 0 Å². The number of hydrogen-bond donors (Lipinski definition) is 1. The van der Waals surface area contributed by atoms with Gasteiger partial charge in [0.1, 0.15) is 24.7 Å². The Hall–Kier alpha value is -1.91. The normalized spacial score (nSPS) is 11.7. The van der Waals surface area contributed by atoms with Gasteiger partial charge in [-0.2, -0.15) is 4.98 Å². The van der Waals surface area contributed by atoms with Crippen molar-refractivity contribution in [2.45, 2.75) is 39.7 Å². The second-order valence-electron chi connectivity index (χ2n) is 7.16. The summed E-state index contributed by atoms with van der Waals surface area (Å²) >= 11 is 0. The van der Waals surface area contributed by atoms with Crippen LogP contribution in [0.15, 0.2) is 33.8 Å². The maximum Gasteiger partial charge on any atom is 0.232 e. The number of hydrogen-bond acceptors (Lipinski definition) is 5. The zero-order chi connectivity index (χ0) is 19.9. The Balaban J connectivity index is 0.00000392. The molecule has 2 aromatic rings. The molecule has 7 nitrogen and oxygen atoms in total. The fourth-order valence-corrected chi connectivity index (χ4v) is 2.18. The minimum atomic E-state index is -0.280. The van der Waals surface area contributed by atoms with E-state index in [0.29, 0.717) is 37.2 Å². The van der Waals surface area contributed by atoms with Crippen molar-refractivity contribution in [3.8, 4) is 5.75 Å². The molecule has 0 saturated carbocycles. The molecule has 0 amide bonds. The molecule has 0 spiro atoms. The number of guanidine groups is 1. The van der Waals surface area contributed by atoms with Crippen molar-refractivity contribution in [3.63, 3.8) is 0 Å². The highest BCUT2D eigenvalue weighted by atomic mass is 127. The van der Waals surface area contributed by atoms with E-state index in [1.165, 1.54) is 12.1 Å². The van der Waals surface area contributed by atoms with Crippen LogP contribution in [0.3, 0.4) is 0 Å². The molecule has 1 aromatic heterocycles. The number of aliphatic imine (C=N–C) groups is 1. The van der Waals surface area contributed by atoms with Gasteiger partial charge in [-0.1, -0.05) is 25.9 Å². The van der Waals surface area contributed by atoms with Crippen molar-refractivity contribution >= 4 is 29.9 Å². The summed E-state index contributed by atoms with van der Waals surface area (Å²) in [5.41, 5.74) is -0.187. The Morgan fingerprint density at radius 3 is 2.54 bits per heavy atom. The fraction of sp³-hybridized carbons (Fsp3) is 0.526. The van der Waals surface area contributed by atoms with Crippen molar-refractivity contribution in [2.24, 2.45) is 4.99 Å². The summed E-state index contributed by atoms with van der Waals surface area (Å²) in [4.78, 5) is 10.9. The predicted molar refractivity (Wildman–Crippen MR) is 118 cm³/mol. The smallest absolute Gasteiger partial charge is 0.232 e. The molecule has 0 saturated heterocycles. The first-order valence-corrected chi connectivity index (χ1v) is 9.00. The van der Waals surface area contributed by atoms with E-state index in [-0.39, 0.29) is 35.2 Å². The SMILES string of the molecule is CCNC(=NCc1noc(C(C)(C)C)n1)N(C)CCOc1ccc(F)cc1.I. The number of rotatable bonds is 7. The zero-order valence-corrected chi connectivity index (χ0v) is 19.4.